The normalized spacial score (nSPS) is 17.5. The highest BCUT2D eigenvalue weighted by molar-refractivity contribution is 7.89. The molecule has 0 aromatic carbocycles. The van der Waals surface area contributed by atoms with Gasteiger partial charge in [-0.05, 0) is 19.8 Å². The highest BCUT2D eigenvalue weighted by Crippen LogP contribution is 2.18. The minimum atomic E-state index is -3.61. The van der Waals surface area contributed by atoms with Gasteiger partial charge < -0.3 is 10.1 Å². The Labute approximate surface area is 125 Å². The van der Waals surface area contributed by atoms with Gasteiger partial charge in [-0.1, -0.05) is 13.8 Å². The quantitative estimate of drug-likeness (QED) is 0.717. The molecular formula is C13H24N4O3S. The van der Waals surface area contributed by atoms with Gasteiger partial charge in [0.25, 0.3) is 10.0 Å². The highest BCUT2D eigenvalue weighted by Gasteiger charge is 2.27. The third-order valence-corrected chi connectivity index (χ3v) is 5.01. The number of aromatic amines is 1. The van der Waals surface area contributed by atoms with E-state index in [9.17, 15) is 8.42 Å². The van der Waals surface area contributed by atoms with Gasteiger partial charge in [-0.25, -0.2) is 13.1 Å². The number of aryl methyl sites for hydroxylation is 1. The molecule has 0 aliphatic carbocycles. The van der Waals surface area contributed by atoms with E-state index in [2.05, 4.69) is 20.2 Å². The van der Waals surface area contributed by atoms with Gasteiger partial charge in [0.2, 0.25) is 0 Å². The average molecular weight is 316 g/mol. The summed E-state index contributed by atoms with van der Waals surface area (Å²) in [6.07, 6.45) is 1.39. The van der Waals surface area contributed by atoms with Crippen molar-refractivity contribution in [2.45, 2.75) is 57.3 Å². The Hall–Kier alpha value is -0.960. The van der Waals surface area contributed by atoms with Crippen LogP contribution in [0.5, 0.6) is 0 Å². The fourth-order valence-corrected chi connectivity index (χ4v) is 3.76. The first-order valence-corrected chi connectivity index (χ1v) is 8.75. The molecule has 1 saturated heterocycles. The topological polar surface area (TPSA) is 96.1 Å². The van der Waals surface area contributed by atoms with Gasteiger partial charge in [-0.3, -0.25) is 5.10 Å². The van der Waals surface area contributed by atoms with E-state index in [1.54, 1.807) is 0 Å². The molecule has 1 aromatic rings. The van der Waals surface area contributed by atoms with Crippen LogP contribution in [0.4, 0.5) is 0 Å². The lowest BCUT2D eigenvalue weighted by Crippen LogP contribution is -2.39. The van der Waals surface area contributed by atoms with Crippen LogP contribution in [0.3, 0.4) is 0 Å². The molecule has 0 spiro atoms. The number of rotatable bonds is 6. The first kappa shape index (κ1) is 16.4. The number of ether oxygens (including phenoxy) is 1. The second-order valence-electron chi connectivity index (χ2n) is 5.68. The van der Waals surface area contributed by atoms with Crippen LogP contribution in [-0.2, 0) is 21.3 Å². The van der Waals surface area contributed by atoms with Crippen molar-refractivity contribution in [1.82, 2.24) is 20.2 Å². The minimum absolute atomic E-state index is 0.0772. The molecule has 0 radical (unpaired) electrons. The Morgan fingerprint density at radius 2 is 2.05 bits per heavy atom. The Balaban J connectivity index is 2.15. The molecule has 2 rings (SSSR count). The summed E-state index contributed by atoms with van der Waals surface area (Å²) in [5.74, 6) is 0. The molecule has 3 N–H and O–H groups in total. The highest BCUT2D eigenvalue weighted by atomic mass is 32.2. The van der Waals surface area contributed by atoms with E-state index in [0.29, 0.717) is 38.2 Å². The zero-order valence-corrected chi connectivity index (χ0v) is 13.6. The largest absolute Gasteiger partial charge is 0.381 e. The van der Waals surface area contributed by atoms with Crippen LogP contribution < -0.4 is 10.0 Å². The minimum Gasteiger partial charge on any atom is -0.381 e. The summed E-state index contributed by atoms with van der Waals surface area (Å²) in [6, 6.07) is 0.199. The van der Waals surface area contributed by atoms with Crippen LogP contribution in [0.2, 0.25) is 0 Å². The predicted octanol–water partition coefficient (Wildman–Crippen LogP) is 0.673. The van der Waals surface area contributed by atoms with E-state index in [0.717, 1.165) is 5.69 Å². The van der Waals surface area contributed by atoms with E-state index >= 15 is 0 Å². The maximum absolute atomic E-state index is 12.5. The molecule has 1 aliphatic rings. The lowest BCUT2D eigenvalue weighted by Gasteiger charge is -2.22. The van der Waals surface area contributed by atoms with Gasteiger partial charge in [0, 0.05) is 43.1 Å². The molecule has 0 amide bonds. The van der Waals surface area contributed by atoms with Crippen molar-refractivity contribution in [3.63, 3.8) is 0 Å². The van der Waals surface area contributed by atoms with Crippen molar-refractivity contribution in [1.29, 1.82) is 0 Å². The van der Waals surface area contributed by atoms with Crippen LogP contribution in [-0.4, -0.2) is 43.9 Å². The summed E-state index contributed by atoms with van der Waals surface area (Å²) >= 11 is 0. The molecule has 120 valence electrons. The maximum atomic E-state index is 12.5. The number of aromatic nitrogens is 2. The SMILES string of the molecule is Cc1[nH]nc(S(=O)(=O)NC2CCOCC2)c1CNC(C)C. The Bertz CT molecular complexity index is 562. The molecule has 1 aliphatic heterocycles. The van der Waals surface area contributed by atoms with Gasteiger partial charge in [-0.15, -0.1) is 0 Å². The zero-order chi connectivity index (χ0) is 15.5. The van der Waals surface area contributed by atoms with Gasteiger partial charge >= 0.3 is 0 Å². The van der Waals surface area contributed by atoms with E-state index in [1.165, 1.54) is 0 Å². The van der Waals surface area contributed by atoms with Gasteiger partial charge in [0.15, 0.2) is 5.03 Å². The number of nitrogens with zero attached hydrogens (tertiary/aromatic N) is 1. The molecular weight excluding hydrogens is 292 g/mol. The summed E-state index contributed by atoms with van der Waals surface area (Å²) in [6.45, 7) is 7.53. The smallest absolute Gasteiger partial charge is 0.260 e. The Kier molecular flexibility index (Phi) is 5.37. The average Bonchev–Trinajstić information content (AvgIpc) is 2.79. The van der Waals surface area contributed by atoms with Crippen LogP contribution in [0, 0.1) is 6.92 Å². The van der Waals surface area contributed by atoms with Gasteiger partial charge in [0.1, 0.15) is 0 Å². The molecule has 0 saturated carbocycles. The van der Waals surface area contributed by atoms with E-state index < -0.39 is 10.0 Å². The Morgan fingerprint density at radius 1 is 1.38 bits per heavy atom. The van der Waals surface area contributed by atoms with Crippen molar-refractivity contribution in [3.8, 4) is 0 Å². The van der Waals surface area contributed by atoms with Crippen LogP contribution in [0.15, 0.2) is 5.03 Å². The van der Waals surface area contributed by atoms with Gasteiger partial charge in [0.05, 0.1) is 0 Å². The summed E-state index contributed by atoms with van der Waals surface area (Å²) in [7, 11) is -3.61. The molecule has 1 fully saturated rings. The van der Waals surface area contributed by atoms with Crippen molar-refractivity contribution >= 4 is 10.0 Å². The second-order valence-corrected chi connectivity index (χ2v) is 7.31. The Morgan fingerprint density at radius 3 is 2.67 bits per heavy atom. The van der Waals surface area contributed by atoms with E-state index in [-0.39, 0.29) is 17.1 Å². The first-order valence-electron chi connectivity index (χ1n) is 7.27. The molecule has 7 nitrogen and oxygen atoms in total. The summed E-state index contributed by atoms with van der Waals surface area (Å²) < 4.78 is 33.0. The van der Waals surface area contributed by atoms with Crippen molar-refractivity contribution in [3.05, 3.63) is 11.3 Å². The van der Waals surface area contributed by atoms with Crippen LogP contribution in [0.25, 0.3) is 0 Å². The van der Waals surface area contributed by atoms with E-state index in [4.69, 9.17) is 4.74 Å². The fourth-order valence-electron chi connectivity index (χ4n) is 2.26. The molecule has 0 unspecified atom stereocenters. The number of sulfonamides is 1. The molecule has 1 aromatic heterocycles. The summed E-state index contributed by atoms with van der Waals surface area (Å²) in [5.41, 5.74) is 1.47. The predicted molar refractivity (Wildman–Crippen MR) is 79.5 cm³/mol. The number of nitrogens with one attached hydrogen (secondary N) is 3. The lowest BCUT2D eigenvalue weighted by atomic mass is 10.1. The molecule has 0 atom stereocenters. The standard InChI is InChI=1S/C13H24N4O3S/c1-9(2)14-8-12-10(3)15-16-13(12)21(18,19)17-11-4-6-20-7-5-11/h9,11,14,17H,4-8H2,1-3H3,(H,15,16). The number of hydrogen-bond donors (Lipinski definition) is 3. The summed E-state index contributed by atoms with van der Waals surface area (Å²) in [5, 5.41) is 10.1. The van der Waals surface area contributed by atoms with E-state index in [1.807, 2.05) is 20.8 Å². The first-order chi connectivity index (χ1) is 9.90. The lowest BCUT2D eigenvalue weighted by molar-refractivity contribution is 0.0832. The zero-order valence-electron chi connectivity index (χ0n) is 12.8. The number of H-pyrrole nitrogens is 1. The van der Waals surface area contributed by atoms with Crippen LogP contribution >= 0.6 is 0 Å². The maximum Gasteiger partial charge on any atom is 0.260 e. The van der Waals surface area contributed by atoms with Crippen molar-refractivity contribution in [2.75, 3.05) is 13.2 Å². The second kappa shape index (κ2) is 6.87. The van der Waals surface area contributed by atoms with Gasteiger partial charge in [-0.2, -0.15) is 5.10 Å². The van der Waals surface area contributed by atoms with Crippen molar-refractivity contribution < 1.29 is 13.2 Å². The molecule has 21 heavy (non-hydrogen) atoms. The molecule has 0 bridgehead atoms. The fraction of sp³-hybridized carbons (Fsp3) is 0.769. The third kappa shape index (κ3) is 4.26. The summed E-state index contributed by atoms with van der Waals surface area (Å²) in [4.78, 5) is 0. The van der Waals surface area contributed by atoms with Crippen molar-refractivity contribution in [2.24, 2.45) is 0 Å². The number of hydrogen-bond acceptors (Lipinski definition) is 5. The van der Waals surface area contributed by atoms with Crippen LogP contribution in [0.1, 0.15) is 37.9 Å². The molecule has 8 heteroatoms. The third-order valence-electron chi connectivity index (χ3n) is 3.52. The monoisotopic (exact) mass is 316 g/mol. The molecule has 2 heterocycles.